The summed E-state index contributed by atoms with van der Waals surface area (Å²) in [7, 11) is 0. The lowest BCUT2D eigenvalue weighted by molar-refractivity contribution is 1.15. The van der Waals surface area contributed by atoms with Crippen LogP contribution in [0, 0.1) is 138 Å². The molecule has 0 spiro atoms. The van der Waals surface area contributed by atoms with Crippen molar-refractivity contribution in [1.82, 2.24) is 0 Å². The van der Waals surface area contributed by atoms with Crippen LogP contribution >= 0.6 is 0 Å². The summed E-state index contributed by atoms with van der Waals surface area (Å²) in [5, 5.41) is 0. The highest BCUT2D eigenvalue weighted by molar-refractivity contribution is 5.74. The molecule has 0 radical (unpaired) electrons. The average Bonchev–Trinajstić information content (AvgIpc) is 3.66. The van der Waals surface area contributed by atoms with Crippen LogP contribution in [-0.2, 0) is 6.42 Å². The predicted molar refractivity (Wildman–Crippen MR) is 384 cm³/mol. The van der Waals surface area contributed by atoms with Crippen LogP contribution in [0.3, 0.4) is 0 Å². The van der Waals surface area contributed by atoms with E-state index >= 15 is 0 Å². The molecule has 0 fully saturated rings. The Bertz CT molecular complexity index is 3810. The van der Waals surface area contributed by atoms with Crippen molar-refractivity contribution >= 4 is 0 Å². The van der Waals surface area contributed by atoms with Crippen molar-refractivity contribution in [3.63, 3.8) is 0 Å². The standard InChI is InChI=1S/C22H22.C17H20.C16H18.C14H14.C10H14.C8H10/c1-15-8-10-21(12-17(15)3)19-6-5-7-20(14-19)22-11-9-16(2)18(4)13-22;1-12-5-7-16(9-14(12)3)11-17-8-6-13(2)15(4)10-17;1-11-5-7-15(9-13(11)3)16-8-6-12(2)14(4)10-16;1-11-8-9-14(10-12(11)2)13-6-4-3-5-7-13;1-7-5-9(3)10(4)6-8(7)2;1-7-5-3-4-6-8(7)2/h5-14H,1-4H3;5-10H,11H2,1-4H3;5-10H,1-4H3;3-10H,1-2H3;5-6H,1-4H3;3-6H,1-2H3. The first-order chi connectivity index (χ1) is 41.4. The van der Waals surface area contributed by atoms with Gasteiger partial charge in [-0.2, -0.15) is 0 Å². The van der Waals surface area contributed by atoms with Gasteiger partial charge >= 0.3 is 0 Å². The van der Waals surface area contributed by atoms with E-state index in [4.69, 9.17) is 0 Å². The van der Waals surface area contributed by atoms with Gasteiger partial charge in [-0.25, -0.2) is 0 Å². The SMILES string of the molecule is Cc1cc(C)c(C)cc1C.Cc1ccc(-c2ccc(C)c(C)c2)cc1C.Cc1ccc(-c2cccc(-c3ccc(C)c(C)c3)c2)cc1C.Cc1ccc(-c2ccccc2)cc1C.Cc1ccc(Cc2ccc(C)c(C)c2)cc1C.Cc1ccccc1C. The quantitative estimate of drug-likeness (QED) is 0.156. The van der Waals surface area contributed by atoms with E-state index < -0.39 is 0 Å². The van der Waals surface area contributed by atoms with E-state index in [1.165, 1.54) is 167 Å². The highest BCUT2D eigenvalue weighted by Crippen LogP contribution is 2.30. The number of benzene rings is 11. The normalized spacial score (nSPS) is 10.3. The summed E-state index contributed by atoms with van der Waals surface area (Å²) < 4.78 is 0. The smallest absolute Gasteiger partial charge is 0.00256 e. The van der Waals surface area contributed by atoms with Crippen LogP contribution in [0.4, 0.5) is 0 Å². The molecule has 0 heterocycles. The Morgan fingerprint density at radius 2 is 0.345 bits per heavy atom. The van der Waals surface area contributed by atoms with Gasteiger partial charge < -0.3 is 0 Å². The van der Waals surface area contributed by atoms with Crippen LogP contribution in [0.1, 0.15) is 122 Å². The molecule has 87 heavy (non-hydrogen) atoms. The molecule has 0 bridgehead atoms. The summed E-state index contributed by atoms with van der Waals surface area (Å²) >= 11 is 0. The first-order valence-corrected chi connectivity index (χ1v) is 31.1. The third kappa shape index (κ3) is 20.3. The van der Waals surface area contributed by atoms with Gasteiger partial charge in [0, 0.05) is 0 Å². The maximum atomic E-state index is 2.30. The van der Waals surface area contributed by atoms with Crippen LogP contribution in [0.25, 0.3) is 44.5 Å². The van der Waals surface area contributed by atoms with Gasteiger partial charge in [-0.05, 0) is 318 Å². The van der Waals surface area contributed by atoms with Crippen molar-refractivity contribution in [2.24, 2.45) is 0 Å². The minimum Gasteiger partial charge on any atom is -0.0622 e. The molecule has 0 unspecified atom stereocenters. The molecule has 0 saturated carbocycles. The van der Waals surface area contributed by atoms with E-state index in [0.717, 1.165) is 6.42 Å². The van der Waals surface area contributed by atoms with E-state index in [0.29, 0.717) is 0 Å². The van der Waals surface area contributed by atoms with E-state index in [9.17, 15) is 0 Å². The Morgan fingerprint density at radius 1 is 0.138 bits per heavy atom. The van der Waals surface area contributed by atoms with Gasteiger partial charge in [0.15, 0.2) is 0 Å². The second-order valence-electron chi connectivity index (χ2n) is 24.6. The first-order valence-electron chi connectivity index (χ1n) is 31.1. The molecule has 446 valence electrons. The third-order valence-electron chi connectivity index (χ3n) is 17.6. The molecule has 11 aromatic carbocycles. The van der Waals surface area contributed by atoms with Gasteiger partial charge in [-0.3, -0.25) is 0 Å². The van der Waals surface area contributed by atoms with Gasteiger partial charge in [0.05, 0.1) is 0 Å². The monoisotopic (exact) mass is 1140 g/mol. The maximum Gasteiger partial charge on any atom is -0.00256 e. The average molecular weight is 1140 g/mol. The van der Waals surface area contributed by atoms with Crippen LogP contribution in [0.5, 0.6) is 0 Å². The summed E-state index contributed by atoms with van der Waals surface area (Å²) in [5.41, 5.74) is 40.4. The fraction of sp³-hybridized carbons (Fsp3) is 0.241. The Balaban J connectivity index is 0.000000171. The molecule has 0 atom stereocenters. The number of hydrogen-bond acceptors (Lipinski definition) is 0. The lowest BCUT2D eigenvalue weighted by Gasteiger charge is -2.09. The lowest BCUT2D eigenvalue weighted by Crippen LogP contribution is -1.92. The van der Waals surface area contributed by atoms with Crippen molar-refractivity contribution in [3.8, 4) is 44.5 Å². The predicted octanol–water partition coefficient (Wildman–Crippen LogP) is 24.5. The minimum absolute atomic E-state index is 1.03. The molecule has 0 N–H and O–H groups in total. The lowest BCUT2D eigenvalue weighted by atomic mass is 9.95. The van der Waals surface area contributed by atoms with Crippen LogP contribution < -0.4 is 0 Å². The Hall–Kier alpha value is -8.58. The summed E-state index contributed by atoms with van der Waals surface area (Å²) in [6.07, 6.45) is 1.03. The number of aryl methyl sites for hydroxylation is 20. The van der Waals surface area contributed by atoms with E-state index in [1.807, 2.05) is 6.07 Å². The maximum absolute atomic E-state index is 2.30. The molecule has 11 rings (SSSR count). The van der Waals surface area contributed by atoms with Crippen LogP contribution in [0.2, 0.25) is 0 Å². The summed E-state index contributed by atoms with van der Waals surface area (Å²) in [6, 6.07) is 78.9. The van der Waals surface area contributed by atoms with Crippen LogP contribution in [-0.4, -0.2) is 0 Å². The molecule has 0 aromatic heterocycles. The van der Waals surface area contributed by atoms with Crippen molar-refractivity contribution < 1.29 is 0 Å². The van der Waals surface area contributed by atoms with E-state index in [-0.39, 0.29) is 0 Å². The highest BCUT2D eigenvalue weighted by atomic mass is 14.1. The molecular formula is C87H98. The second kappa shape index (κ2) is 32.2. The second-order valence-corrected chi connectivity index (χ2v) is 24.6. The Labute approximate surface area is 527 Å². The Kier molecular flexibility index (Phi) is 25.0. The molecule has 0 heteroatoms. The van der Waals surface area contributed by atoms with Gasteiger partial charge in [0.25, 0.3) is 0 Å². The van der Waals surface area contributed by atoms with Gasteiger partial charge in [-0.1, -0.05) is 212 Å². The number of rotatable bonds is 6. The highest BCUT2D eigenvalue weighted by Gasteiger charge is 2.07. The molecule has 0 aliphatic rings. The largest absolute Gasteiger partial charge is 0.0622 e. The van der Waals surface area contributed by atoms with Crippen molar-refractivity contribution in [2.75, 3.05) is 0 Å². The zero-order chi connectivity index (χ0) is 63.5. The van der Waals surface area contributed by atoms with Crippen molar-refractivity contribution in [2.45, 2.75) is 145 Å². The van der Waals surface area contributed by atoms with Gasteiger partial charge in [-0.15, -0.1) is 0 Å². The molecule has 0 saturated heterocycles. The molecule has 0 aliphatic heterocycles. The fourth-order valence-electron chi connectivity index (χ4n) is 9.94. The molecule has 0 nitrogen and oxygen atoms in total. The molecule has 0 aliphatic carbocycles. The fourth-order valence-corrected chi connectivity index (χ4v) is 9.94. The summed E-state index contributed by atoms with van der Waals surface area (Å²) in [4.78, 5) is 0. The van der Waals surface area contributed by atoms with Crippen molar-refractivity contribution in [1.29, 1.82) is 0 Å². The molecule has 0 amide bonds. The minimum atomic E-state index is 1.03. The zero-order valence-corrected chi connectivity index (χ0v) is 56.5. The van der Waals surface area contributed by atoms with Gasteiger partial charge in [0.2, 0.25) is 0 Å². The summed E-state index contributed by atoms with van der Waals surface area (Å²) in [5.74, 6) is 0. The Morgan fingerprint density at radius 3 is 0.609 bits per heavy atom. The summed E-state index contributed by atoms with van der Waals surface area (Å²) in [6.45, 7) is 43.1. The molecular weight excluding hydrogens is 1040 g/mol. The molecule has 11 aromatic rings. The topological polar surface area (TPSA) is 0 Å². The van der Waals surface area contributed by atoms with E-state index in [1.54, 1.807) is 0 Å². The third-order valence-corrected chi connectivity index (χ3v) is 17.6. The van der Waals surface area contributed by atoms with Crippen LogP contribution in [0.15, 0.2) is 218 Å². The zero-order valence-electron chi connectivity index (χ0n) is 56.5. The van der Waals surface area contributed by atoms with Gasteiger partial charge in [0.1, 0.15) is 0 Å². The van der Waals surface area contributed by atoms with E-state index in [2.05, 4.69) is 351 Å². The first kappa shape index (κ1) is 67.5. The number of hydrogen-bond donors (Lipinski definition) is 0. The van der Waals surface area contributed by atoms with Crippen molar-refractivity contribution in [3.05, 3.63) is 341 Å².